The van der Waals surface area contributed by atoms with Crippen molar-refractivity contribution >= 4 is 0 Å². The molecule has 1 aromatic heterocycles. The first-order valence-electron chi connectivity index (χ1n) is 7.45. The van der Waals surface area contributed by atoms with E-state index in [2.05, 4.69) is 35.3 Å². The zero-order valence-corrected chi connectivity index (χ0v) is 11.9. The quantitative estimate of drug-likeness (QED) is 0.791. The van der Waals surface area contributed by atoms with Gasteiger partial charge in [-0.3, -0.25) is 4.98 Å². The fourth-order valence-electron chi connectivity index (χ4n) is 2.42. The number of nitrogens with zero attached hydrogens (tertiary/aromatic N) is 1. The molecule has 106 valence electrons. The summed E-state index contributed by atoms with van der Waals surface area (Å²) in [6.45, 7) is 0. The third-order valence-corrected chi connectivity index (χ3v) is 3.57. The molecule has 0 saturated heterocycles. The third kappa shape index (κ3) is 5.54. The van der Waals surface area contributed by atoms with Crippen LogP contribution in [-0.2, 0) is 12.8 Å². The summed E-state index contributed by atoms with van der Waals surface area (Å²) in [5.74, 6) is 0. The Hall–Kier alpha value is -1.67. The molecule has 1 heterocycles. The van der Waals surface area contributed by atoms with Crippen LogP contribution in [0.15, 0.2) is 54.9 Å². The number of benzene rings is 1. The van der Waals surface area contributed by atoms with E-state index in [1.807, 2.05) is 18.3 Å². The molecule has 0 aliphatic heterocycles. The molecule has 2 heteroatoms. The van der Waals surface area contributed by atoms with Crippen LogP contribution in [0.3, 0.4) is 0 Å². The molecule has 20 heavy (non-hydrogen) atoms. The van der Waals surface area contributed by atoms with Gasteiger partial charge in [0.1, 0.15) is 0 Å². The molecule has 0 aliphatic rings. The van der Waals surface area contributed by atoms with Crippen molar-refractivity contribution in [2.24, 2.45) is 0 Å². The number of aliphatic hydroxyl groups is 1. The Bertz CT molecular complexity index is 424. The summed E-state index contributed by atoms with van der Waals surface area (Å²) >= 11 is 0. The van der Waals surface area contributed by atoms with E-state index < -0.39 is 0 Å². The van der Waals surface area contributed by atoms with Crippen molar-refractivity contribution in [3.8, 4) is 0 Å². The van der Waals surface area contributed by atoms with Crippen LogP contribution >= 0.6 is 0 Å². The Morgan fingerprint density at radius 1 is 0.850 bits per heavy atom. The maximum atomic E-state index is 9.99. The molecule has 1 N–H and O–H groups in total. The van der Waals surface area contributed by atoms with Crippen molar-refractivity contribution in [3.63, 3.8) is 0 Å². The first-order valence-corrected chi connectivity index (χ1v) is 7.45. The summed E-state index contributed by atoms with van der Waals surface area (Å²) in [5, 5.41) is 9.99. The van der Waals surface area contributed by atoms with Gasteiger partial charge in [-0.05, 0) is 55.7 Å². The van der Waals surface area contributed by atoms with Gasteiger partial charge in [-0.1, -0.05) is 36.4 Å². The third-order valence-electron chi connectivity index (χ3n) is 3.57. The fourth-order valence-corrected chi connectivity index (χ4v) is 2.42. The Labute approximate surface area is 121 Å². The number of aromatic nitrogens is 1. The monoisotopic (exact) mass is 269 g/mol. The van der Waals surface area contributed by atoms with E-state index in [0.29, 0.717) is 0 Å². The summed E-state index contributed by atoms with van der Waals surface area (Å²) < 4.78 is 0. The number of hydrogen-bond acceptors (Lipinski definition) is 2. The Morgan fingerprint density at radius 2 is 1.50 bits per heavy atom. The molecule has 0 spiro atoms. The summed E-state index contributed by atoms with van der Waals surface area (Å²) in [5.41, 5.74) is 2.61. The van der Waals surface area contributed by atoms with Crippen molar-refractivity contribution < 1.29 is 5.11 Å². The number of aliphatic hydroxyl groups excluding tert-OH is 1. The lowest BCUT2D eigenvalue weighted by Gasteiger charge is -2.10. The molecular weight excluding hydrogens is 246 g/mol. The number of aryl methyl sites for hydroxylation is 2. The molecule has 1 aromatic carbocycles. The zero-order chi connectivity index (χ0) is 14.0. The van der Waals surface area contributed by atoms with Crippen molar-refractivity contribution in [3.05, 3.63) is 66.0 Å². The predicted octanol–water partition coefficient (Wildman–Crippen LogP) is 3.79. The standard InChI is InChI=1S/C18H23NO/c20-18(12-4-9-16-7-2-1-3-8-16)13-5-10-17-11-6-14-19-15-17/h1-3,6-8,11,14-15,18,20H,4-5,9-10,12-13H2/t18-/m0/s1. The molecule has 0 bridgehead atoms. The van der Waals surface area contributed by atoms with Gasteiger partial charge in [0.05, 0.1) is 6.10 Å². The van der Waals surface area contributed by atoms with Gasteiger partial charge in [0.2, 0.25) is 0 Å². The van der Waals surface area contributed by atoms with Crippen LogP contribution < -0.4 is 0 Å². The van der Waals surface area contributed by atoms with Crippen LogP contribution in [0, 0.1) is 0 Å². The van der Waals surface area contributed by atoms with Gasteiger partial charge in [-0.25, -0.2) is 0 Å². The van der Waals surface area contributed by atoms with Crippen molar-refractivity contribution in [2.45, 2.75) is 44.6 Å². The molecule has 0 fully saturated rings. The van der Waals surface area contributed by atoms with E-state index in [-0.39, 0.29) is 6.10 Å². The van der Waals surface area contributed by atoms with Gasteiger partial charge in [0.25, 0.3) is 0 Å². The highest BCUT2D eigenvalue weighted by Crippen LogP contribution is 2.11. The lowest BCUT2D eigenvalue weighted by molar-refractivity contribution is 0.149. The lowest BCUT2D eigenvalue weighted by Crippen LogP contribution is -2.07. The Balaban J connectivity index is 1.58. The van der Waals surface area contributed by atoms with E-state index in [9.17, 15) is 5.11 Å². The minimum Gasteiger partial charge on any atom is -0.393 e. The minimum absolute atomic E-state index is 0.171. The first-order chi connectivity index (χ1) is 9.84. The second kappa shape index (κ2) is 8.49. The highest BCUT2D eigenvalue weighted by Gasteiger charge is 2.04. The molecule has 0 aliphatic carbocycles. The molecule has 2 aromatic rings. The van der Waals surface area contributed by atoms with Gasteiger partial charge in [-0.2, -0.15) is 0 Å². The molecule has 0 saturated carbocycles. The van der Waals surface area contributed by atoms with Crippen molar-refractivity contribution in [1.82, 2.24) is 4.98 Å². The SMILES string of the molecule is O[C@@H](CCCc1ccccc1)CCCc1cccnc1. The highest BCUT2D eigenvalue weighted by atomic mass is 16.3. The molecule has 1 atom stereocenters. The maximum absolute atomic E-state index is 9.99. The smallest absolute Gasteiger partial charge is 0.0540 e. The summed E-state index contributed by atoms with van der Waals surface area (Å²) in [4.78, 5) is 4.10. The number of hydrogen-bond donors (Lipinski definition) is 1. The molecule has 2 nitrogen and oxygen atoms in total. The second-order valence-electron chi connectivity index (χ2n) is 5.29. The van der Waals surface area contributed by atoms with Gasteiger partial charge in [0.15, 0.2) is 0 Å². The molecule has 0 radical (unpaired) electrons. The van der Waals surface area contributed by atoms with E-state index >= 15 is 0 Å². The largest absolute Gasteiger partial charge is 0.393 e. The van der Waals surface area contributed by atoms with Gasteiger partial charge < -0.3 is 5.11 Å². The van der Waals surface area contributed by atoms with E-state index in [4.69, 9.17) is 0 Å². The van der Waals surface area contributed by atoms with Crippen LogP contribution in [-0.4, -0.2) is 16.2 Å². The molecule has 0 unspecified atom stereocenters. The highest BCUT2D eigenvalue weighted by molar-refractivity contribution is 5.14. The van der Waals surface area contributed by atoms with E-state index in [0.717, 1.165) is 38.5 Å². The zero-order valence-electron chi connectivity index (χ0n) is 11.9. The van der Waals surface area contributed by atoms with Gasteiger partial charge >= 0.3 is 0 Å². The average molecular weight is 269 g/mol. The van der Waals surface area contributed by atoms with Crippen LogP contribution in [0.5, 0.6) is 0 Å². The van der Waals surface area contributed by atoms with E-state index in [1.165, 1.54) is 11.1 Å². The van der Waals surface area contributed by atoms with Crippen LogP contribution in [0.1, 0.15) is 36.8 Å². The molecular formula is C18H23NO. The second-order valence-corrected chi connectivity index (χ2v) is 5.29. The van der Waals surface area contributed by atoms with Crippen LogP contribution in [0.4, 0.5) is 0 Å². The van der Waals surface area contributed by atoms with Gasteiger partial charge in [-0.15, -0.1) is 0 Å². The fraction of sp³-hybridized carbons (Fsp3) is 0.389. The summed E-state index contributed by atoms with van der Waals surface area (Å²) in [6.07, 6.45) is 9.44. The normalized spacial score (nSPS) is 12.2. The summed E-state index contributed by atoms with van der Waals surface area (Å²) in [7, 11) is 0. The predicted molar refractivity (Wildman–Crippen MR) is 82.6 cm³/mol. The Morgan fingerprint density at radius 3 is 2.15 bits per heavy atom. The topological polar surface area (TPSA) is 33.1 Å². The van der Waals surface area contributed by atoms with Crippen LogP contribution in [0.2, 0.25) is 0 Å². The first kappa shape index (κ1) is 14.7. The maximum Gasteiger partial charge on any atom is 0.0540 e. The van der Waals surface area contributed by atoms with E-state index in [1.54, 1.807) is 6.20 Å². The number of rotatable bonds is 8. The van der Waals surface area contributed by atoms with Gasteiger partial charge in [0, 0.05) is 12.4 Å². The molecule has 2 rings (SSSR count). The Kier molecular flexibility index (Phi) is 6.25. The van der Waals surface area contributed by atoms with Crippen molar-refractivity contribution in [1.29, 1.82) is 0 Å². The molecule has 0 amide bonds. The summed E-state index contributed by atoms with van der Waals surface area (Å²) in [6, 6.07) is 14.5. The van der Waals surface area contributed by atoms with Crippen LogP contribution in [0.25, 0.3) is 0 Å². The lowest BCUT2D eigenvalue weighted by atomic mass is 10.0. The van der Waals surface area contributed by atoms with Crippen molar-refractivity contribution in [2.75, 3.05) is 0 Å². The minimum atomic E-state index is -0.171. The average Bonchev–Trinajstić information content (AvgIpc) is 2.49. The number of pyridine rings is 1.